The number of hydrogen-bond acceptors (Lipinski definition) is 3. The highest BCUT2D eigenvalue weighted by molar-refractivity contribution is 7.85. The minimum absolute atomic E-state index is 0.178. The third-order valence-electron chi connectivity index (χ3n) is 2.62. The van der Waals surface area contributed by atoms with Crippen molar-refractivity contribution in [1.82, 2.24) is 0 Å². The van der Waals surface area contributed by atoms with E-state index in [0.717, 1.165) is 18.5 Å². The first-order chi connectivity index (χ1) is 9.43. The summed E-state index contributed by atoms with van der Waals surface area (Å²) in [6.45, 7) is 2.81. The third kappa shape index (κ3) is 5.97. The molecule has 0 heterocycles. The van der Waals surface area contributed by atoms with E-state index in [0.29, 0.717) is 0 Å². The second-order valence-electron chi connectivity index (χ2n) is 4.36. The SMILES string of the molecule is Cc1ccc(S(=O)(=O)[O-])cc1.[NH3+]CCc1ccccc1. The van der Waals surface area contributed by atoms with Gasteiger partial charge in [-0.3, -0.25) is 0 Å². The van der Waals surface area contributed by atoms with E-state index in [1.807, 2.05) is 13.0 Å². The number of aryl methyl sites for hydroxylation is 1. The van der Waals surface area contributed by atoms with Crippen molar-refractivity contribution in [3.63, 3.8) is 0 Å². The van der Waals surface area contributed by atoms with Crippen LogP contribution in [0.2, 0.25) is 0 Å². The molecule has 4 nitrogen and oxygen atoms in total. The Kier molecular flexibility index (Phi) is 6.38. The zero-order chi connectivity index (χ0) is 15.0. The quantitative estimate of drug-likeness (QED) is 0.867. The minimum atomic E-state index is -4.27. The normalized spacial score (nSPS) is 10.6. The van der Waals surface area contributed by atoms with E-state index in [1.165, 1.54) is 17.7 Å². The monoisotopic (exact) mass is 293 g/mol. The van der Waals surface area contributed by atoms with Crippen LogP contribution < -0.4 is 5.73 Å². The first kappa shape index (κ1) is 16.4. The van der Waals surface area contributed by atoms with Gasteiger partial charge in [-0.25, -0.2) is 8.42 Å². The first-order valence-corrected chi connectivity index (χ1v) is 7.70. The molecule has 0 unspecified atom stereocenters. The number of quaternary nitrogens is 1. The molecule has 108 valence electrons. The van der Waals surface area contributed by atoms with Crippen LogP contribution in [-0.2, 0) is 16.5 Å². The Morgan fingerprint density at radius 3 is 2.00 bits per heavy atom. The lowest BCUT2D eigenvalue weighted by Gasteiger charge is -2.05. The topological polar surface area (TPSA) is 84.8 Å². The Hall–Kier alpha value is -1.69. The molecular formula is C15H19NO3S. The van der Waals surface area contributed by atoms with Gasteiger partial charge in [-0.15, -0.1) is 0 Å². The predicted octanol–water partition coefficient (Wildman–Crippen LogP) is 1.37. The number of hydrogen-bond donors (Lipinski definition) is 1. The maximum absolute atomic E-state index is 10.4. The molecule has 0 aliphatic rings. The molecule has 0 saturated carbocycles. The summed E-state index contributed by atoms with van der Waals surface area (Å²) >= 11 is 0. The van der Waals surface area contributed by atoms with Gasteiger partial charge < -0.3 is 10.3 Å². The Morgan fingerprint density at radius 1 is 1.00 bits per heavy atom. The third-order valence-corrected chi connectivity index (χ3v) is 3.47. The Balaban J connectivity index is 0.000000204. The van der Waals surface area contributed by atoms with Crippen LogP contribution in [0.4, 0.5) is 0 Å². The summed E-state index contributed by atoms with van der Waals surface area (Å²) in [6, 6.07) is 16.2. The molecule has 2 aromatic carbocycles. The molecule has 0 spiro atoms. The van der Waals surface area contributed by atoms with Gasteiger partial charge in [-0.05, 0) is 24.6 Å². The second-order valence-corrected chi connectivity index (χ2v) is 5.74. The zero-order valence-corrected chi connectivity index (χ0v) is 12.3. The summed E-state index contributed by atoms with van der Waals surface area (Å²) in [7, 11) is -4.27. The molecule has 0 fully saturated rings. The van der Waals surface area contributed by atoms with Crippen molar-refractivity contribution in [2.45, 2.75) is 18.2 Å². The highest BCUT2D eigenvalue weighted by atomic mass is 32.2. The van der Waals surface area contributed by atoms with Gasteiger partial charge in [0.15, 0.2) is 0 Å². The molecule has 3 N–H and O–H groups in total. The van der Waals surface area contributed by atoms with Gasteiger partial charge in [0.05, 0.1) is 11.4 Å². The van der Waals surface area contributed by atoms with E-state index in [2.05, 4.69) is 30.0 Å². The van der Waals surface area contributed by atoms with Crippen LogP contribution in [0.1, 0.15) is 11.1 Å². The molecule has 0 radical (unpaired) electrons. The Labute approximate surface area is 120 Å². The van der Waals surface area contributed by atoms with Crippen molar-refractivity contribution in [1.29, 1.82) is 0 Å². The number of benzene rings is 2. The van der Waals surface area contributed by atoms with Crippen LogP contribution in [0.15, 0.2) is 59.5 Å². The molecule has 5 heteroatoms. The highest BCUT2D eigenvalue weighted by Gasteiger charge is 1.97. The maximum Gasteiger partial charge on any atom is 0.124 e. The Morgan fingerprint density at radius 2 is 1.55 bits per heavy atom. The molecule has 0 aliphatic carbocycles. The fraction of sp³-hybridized carbons (Fsp3) is 0.200. The molecule has 2 rings (SSSR count). The minimum Gasteiger partial charge on any atom is -0.744 e. The van der Waals surface area contributed by atoms with Crippen LogP contribution in [0.3, 0.4) is 0 Å². The van der Waals surface area contributed by atoms with Crippen molar-refractivity contribution < 1.29 is 18.7 Å². The molecule has 0 atom stereocenters. The fourth-order valence-electron chi connectivity index (χ4n) is 1.55. The maximum atomic E-state index is 10.4. The van der Waals surface area contributed by atoms with Gasteiger partial charge in [-0.2, -0.15) is 0 Å². The van der Waals surface area contributed by atoms with Crippen LogP contribution in [0.5, 0.6) is 0 Å². The summed E-state index contributed by atoms with van der Waals surface area (Å²) in [5.74, 6) is 0. The standard InChI is InChI=1S/C8H11N.C7H8O3S/c9-7-6-8-4-2-1-3-5-8;1-6-2-4-7(5-3-6)11(8,9)10/h1-5H,6-7,9H2;2-5H,1H3,(H,8,9,10). The van der Waals surface area contributed by atoms with Gasteiger partial charge >= 0.3 is 0 Å². The van der Waals surface area contributed by atoms with Gasteiger partial charge in [0.1, 0.15) is 10.1 Å². The lowest BCUT2D eigenvalue weighted by molar-refractivity contribution is -0.366. The lowest BCUT2D eigenvalue weighted by atomic mass is 10.2. The van der Waals surface area contributed by atoms with Crippen molar-refractivity contribution in [2.75, 3.05) is 6.54 Å². The van der Waals surface area contributed by atoms with Gasteiger partial charge in [0.25, 0.3) is 0 Å². The molecule has 0 bridgehead atoms. The predicted molar refractivity (Wildman–Crippen MR) is 77.0 cm³/mol. The average Bonchev–Trinajstić information content (AvgIpc) is 2.40. The van der Waals surface area contributed by atoms with Gasteiger partial charge in [0.2, 0.25) is 0 Å². The summed E-state index contributed by atoms with van der Waals surface area (Å²) in [5, 5.41) is 0. The van der Waals surface area contributed by atoms with Crippen molar-refractivity contribution in [2.24, 2.45) is 0 Å². The first-order valence-electron chi connectivity index (χ1n) is 6.29. The smallest absolute Gasteiger partial charge is 0.124 e. The van der Waals surface area contributed by atoms with E-state index in [-0.39, 0.29) is 4.90 Å². The van der Waals surface area contributed by atoms with E-state index in [9.17, 15) is 13.0 Å². The molecule has 0 aromatic heterocycles. The molecule has 0 amide bonds. The largest absolute Gasteiger partial charge is 0.744 e. The van der Waals surface area contributed by atoms with E-state index in [4.69, 9.17) is 0 Å². The molecule has 2 aromatic rings. The fourth-order valence-corrected chi connectivity index (χ4v) is 2.02. The average molecular weight is 293 g/mol. The van der Waals surface area contributed by atoms with E-state index in [1.54, 1.807) is 12.1 Å². The lowest BCUT2D eigenvalue weighted by Crippen LogP contribution is -2.51. The summed E-state index contributed by atoms with van der Waals surface area (Å²) in [5.41, 5.74) is 6.09. The number of rotatable bonds is 3. The van der Waals surface area contributed by atoms with Crippen LogP contribution in [0.25, 0.3) is 0 Å². The summed E-state index contributed by atoms with van der Waals surface area (Å²) < 4.78 is 31.2. The van der Waals surface area contributed by atoms with Gasteiger partial charge in [-0.1, -0.05) is 48.0 Å². The van der Waals surface area contributed by atoms with E-state index < -0.39 is 10.1 Å². The Bertz CT molecular complexity index is 607. The summed E-state index contributed by atoms with van der Waals surface area (Å²) in [6.07, 6.45) is 1.10. The molecule has 0 saturated heterocycles. The van der Waals surface area contributed by atoms with Crippen molar-refractivity contribution in [3.8, 4) is 0 Å². The van der Waals surface area contributed by atoms with Crippen LogP contribution in [-0.4, -0.2) is 19.5 Å². The molecule has 0 aliphatic heterocycles. The highest BCUT2D eigenvalue weighted by Crippen LogP contribution is 2.08. The van der Waals surface area contributed by atoms with Crippen LogP contribution >= 0.6 is 0 Å². The van der Waals surface area contributed by atoms with E-state index >= 15 is 0 Å². The zero-order valence-electron chi connectivity index (χ0n) is 11.5. The van der Waals surface area contributed by atoms with Crippen LogP contribution in [0, 0.1) is 6.92 Å². The second kappa shape index (κ2) is 7.79. The van der Waals surface area contributed by atoms with Crippen molar-refractivity contribution >= 4 is 10.1 Å². The van der Waals surface area contributed by atoms with Crippen molar-refractivity contribution in [3.05, 3.63) is 65.7 Å². The van der Waals surface area contributed by atoms with Gasteiger partial charge in [0, 0.05) is 6.42 Å². The summed E-state index contributed by atoms with van der Waals surface area (Å²) in [4.78, 5) is -0.178. The molecular weight excluding hydrogens is 274 g/mol. The molecule has 20 heavy (non-hydrogen) atoms.